The maximum absolute atomic E-state index is 12.0. The molecule has 0 aromatic rings. The molecule has 2 heteroatoms. The van der Waals surface area contributed by atoms with Crippen molar-refractivity contribution in [2.75, 3.05) is 0 Å². The first kappa shape index (κ1) is 7.60. The van der Waals surface area contributed by atoms with Gasteiger partial charge in [0.05, 0.1) is 0 Å². The summed E-state index contributed by atoms with van der Waals surface area (Å²) in [5.74, 6) is -0.486. The standard InChI is InChI=1S/C6H11FO/c1-4(2)6(8)5(3)7/h4-5H,1-3H3/i7-1. The van der Waals surface area contributed by atoms with Crippen LogP contribution >= 0.6 is 0 Å². The number of hydrogen-bond donors (Lipinski definition) is 0. The minimum Gasteiger partial charge on any atom is -0.296 e. The van der Waals surface area contributed by atoms with Gasteiger partial charge in [-0.15, -0.1) is 0 Å². The third-order valence-corrected chi connectivity index (χ3v) is 0.961. The average molecular weight is 117 g/mol. The number of hydrogen-bond acceptors (Lipinski definition) is 1. The van der Waals surface area contributed by atoms with Gasteiger partial charge in [0.2, 0.25) is 0 Å². The lowest BCUT2D eigenvalue weighted by molar-refractivity contribution is -0.126. The molecule has 0 aliphatic carbocycles. The van der Waals surface area contributed by atoms with E-state index in [1.54, 1.807) is 13.8 Å². The van der Waals surface area contributed by atoms with Crippen molar-refractivity contribution in [3.63, 3.8) is 0 Å². The van der Waals surface area contributed by atoms with Gasteiger partial charge in [-0.3, -0.25) is 4.79 Å². The van der Waals surface area contributed by atoms with Gasteiger partial charge in [0.25, 0.3) is 0 Å². The third kappa shape index (κ3) is 2.05. The van der Waals surface area contributed by atoms with Crippen LogP contribution in [0.2, 0.25) is 0 Å². The number of halogens is 1. The molecule has 1 nitrogen and oxygen atoms in total. The molecular formula is C6H11FO. The summed E-state index contributed by atoms with van der Waals surface area (Å²) in [5.41, 5.74) is 0. The average Bonchev–Trinajstić information content (AvgIpc) is 1.64. The largest absolute Gasteiger partial charge is 0.296 e. The SMILES string of the molecule is CC(C)C(=O)C(C)[18F]. The smallest absolute Gasteiger partial charge is 0.169 e. The molecule has 0 saturated heterocycles. The van der Waals surface area contributed by atoms with Crippen molar-refractivity contribution in [1.29, 1.82) is 0 Å². The van der Waals surface area contributed by atoms with E-state index >= 15 is 0 Å². The number of Topliss-reactive ketones (excluding diaryl/α,β-unsaturated/α-hetero) is 1. The fraction of sp³-hybridized carbons (Fsp3) is 0.833. The highest BCUT2D eigenvalue weighted by Crippen LogP contribution is 2.01. The van der Waals surface area contributed by atoms with E-state index < -0.39 is 6.17 Å². The molecule has 0 bridgehead atoms. The zero-order valence-corrected chi connectivity index (χ0v) is 5.44. The Morgan fingerprint density at radius 1 is 1.38 bits per heavy atom. The fourth-order valence-electron chi connectivity index (χ4n) is 0.459. The summed E-state index contributed by atoms with van der Waals surface area (Å²) in [6.07, 6.45) is -1.30. The van der Waals surface area contributed by atoms with Crippen molar-refractivity contribution in [2.24, 2.45) is 5.92 Å². The van der Waals surface area contributed by atoms with Crippen molar-refractivity contribution < 1.29 is 9.18 Å². The third-order valence-electron chi connectivity index (χ3n) is 0.961. The van der Waals surface area contributed by atoms with Crippen molar-refractivity contribution in [3.05, 3.63) is 0 Å². The van der Waals surface area contributed by atoms with E-state index in [1.165, 1.54) is 6.92 Å². The van der Waals surface area contributed by atoms with E-state index in [9.17, 15) is 9.18 Å². The summed E-state index contributed by atoms with van der Waals surface area (Å²) >= 11 is 0. The molecule has 0 aromatic carbocycles. The van der Waals surface area contributed by atoms with Gasteiger partial charge in [-0.25, -0.2) is 4.39 Å². The molecule has 0 aliphatic heterocycles. The predicted molar refractivity (Wildman–Crippen MR) is 30.4 cm³/mol. The molecule has 8 heavy (non-hydrogen) atoms. The summed E-state index contributed by atoms with van der Waals surface area (Å²) < 4.78 is 12.0. The molecule has 0 aliphatic rings. The van der Waals surface area contributed by atoms with Gasteiger partial charge in [0.15, 0.2) is 12.0 Å². The van der Waals surface area contributed by atoms with Gasteiger partial charge < -0.3 is 0 Å². The normalized spacial score (nSPS) is 14.1. The molecule has 0 N–H and O–H groups in total. The lowest BCUT2D eigenvalue weighted by Gasteiger charge is -2.01. The second-order valence-electron chi connectivity index (χ2n) is 2.17. The zero-order valence-electron chi connectivity index (χ0n) is 5.44. The minimum atomic E-state index is -1.30. The molecule has 0 radical (unpaired) electrons. The van der Waals surface area contributed by atoms with Crippen LogP contribution in [-0.4, -0.2) is 12.0 Å². The van der Waals surface area contributed by atoms with Crippen LogP contribution < -0.4 is 0 Å². The van der Waals surface area contributed by atoms with Crippen molar-refractivity contribution in [3.8, 4) is 0 Å². The Labute approximate surface area is 48.9 Å². The zero-order chi connectivity index (χ0) is 6.73. The van der Waals surface area contributed by atoms with E-state index in [0.717, 1.165) is 0 Å². The number of ketones is 1. The van der Waals surface area contributed by atoms with E-state index in [1.807, 2.05) is 0 Å². The maximum Gasteiger partial charge on any atom is 0.169 e. The van der Waals surface area contributed by atoms with Gasteiger partial charge in [-0.05, 0) is 6.92 Å². The Morgan fingerprint density at radius 2 is 1.75 bits per heavy atom. The Hall–Kier alpha value is -0.400. The first-order valence-electron chi connectivity index (χ1n) is 2.73. The first-order valence-corrected chi connectivity index (χ1v) is 2.73. The van der Waals surface area contributed by atoms with E-state index in [2.05, 4.69) is 0 Å². The molecule has 1 atom stereocenters. The Morgan fingerprint density at radius 3 is 1.75 bits per heavy atom. The van der Waals surface area contributed by atoms with Crippen LogP contribution in [0.25, 0.3) is 0 Å². The topological polar surface area (TPSA) is 17.1 Å². The van der Waals surface area contributed by atoms with E-state index in [4.69, 9.17) is 0 Å². The van der Waals surface area contributed by atoms with Crippen LogP contribution in [0.4, 0.5) is 4.39 Å². The van der Waals surface area contributed by atoms with Crippen LogP contribution in [0.15, 0.2) is 0 Å². The van der Waals surface area contributed by atoms with Crippen LogP contribution in [0, 0.1) is 5.92 Å². The Bertz CT molecular complexity index is 76.5. The lowest BCUT2D eigenvalue weighted by Crippen LogP contribution is -2.17. The summed E-state index contributed by atoms with van der Waals surface area (Å²) in [5, 5.41) is 0. The van der Waals surface area contributed by atoms with E-state index in [0.29, 0.717) is 0 Å². The van der Waals surface area contributed by atoms with Crippen molar-refractivity contribution in [2.45, 2.75) is 26.9 Å². The number of carbonyl (C=O) groups excluding carboxylic acids is 1. The molecule has 0 spiro atoms. The van der Waals surface area contributed by atoms with E-state index in [-0.39, 0.29) is 11.7 Å². The highest BCUT2D eigenvalue weighted by atomic mass is 18.2. The molecule has 0 aromatic heterocycles. The van der Waals surface area contributed by atoms with Crippen molar-refractivity contribution in [1.82, 2.24) is 0 Å². The van der Waals surface area contributed by atoms with Gasteiger partial charge in [-0.2, -0.15) is 0 Å². The number of alkyl halides is 1. The minimum absolute atomic E-state index is 0.171. The van der Waals surface area contributed by atoms with Crippen molar-refractivity contribution >= 4 is 5.78 Å². The first-order chi connectivity index (χ1) is 3.55. The molecule has 0 saturated carbocycles. The predicted octanol–water partition coefficient (Wildman–Crippen LogP) is 1.57. The summed E-state index contributed by atoms with van der Waals surface area (Å²) in [7, 11) is 0. The molecule has 1 unspecified atom stereocenters. The second kappa shape index (κ2) is 2.80. The fourth-order valence-corrected chi connectivity index (χ4v) is 0.459. The molecule has 0 amide bonds. The number of rotatable bonds is 2. The second-order valence-corrected chi connectivity index (χ2v) is 2.17. The lowest BCUT2D eigenvalue weighted by atomic mass is 10.1. The Balaban J connectivity index is 3.65. The summed E-state index contributed by atoms with van der Waals surface area (Å²) in [6, 6.07) is 0. The monoisotopic (exact) mass is 117 g/mol. The Kier molecular flexibility index (Phi) is 2.66. The number of carbonyl (C=O) groups is 1. The quantitative estimate of drug-likeness (QED) is 0.536. The highest BCUT2D eigenvalue weighted by Gasteiger charge is 2.13. The molecule has 0 heterocycles. The van der Waals surface area contributed by atoms with Crippen LogP contribution in [0.3, 0.4) is 0 Å². The molecule has 0 fully saturated rings. The van der Waals surface area contributed by atoms with Crippen LogP contribution in [0.1, 0.15) is 20.8 Å². The molecule has 48 valence electrons. The molecule has 0 rings (SSSR count). The van der Waals surface area contributed by atoms with Gasteiger partial charge in [0, 0.05) is 5.92 Å². The highest BCUT2D eigenvalue weighted by molar-refractivity contribution is 5.84. The van der Waals surface area contributed by atoms with Gasteiger partial charge in [0.1, 0.15) is 0 Å². The van der Waals surface area contributed by atoms with Crippen LogP contribution in [-0.2, 0) is 4.79 Å². The summed E-state index contributed by atoms with van der Waals surface area (Å²) in [4.78, 5) is 10.5. The van der Waals surface area contributed by atoms with Crippen LogP contribution in [0.5, 0.6) is 0 Å². The molecular weight excluding hydrogens is 106 g/mol. The van der Waals surface area contributed by atoms with Gasteiger partial charge in [-0.1, -0.05) is 13.8 Å². The van der Waals surface area contributed by atoms with Gasteiger partial charge >= 0.3 is 0 Å². The summed E-state index contributed by atoms with van der Waals surface area (Å²) in [6.45, 7) is 4.65. The maximum atomic E-state index is 12.0.